The Morgan fingerprint density at radius 2 is 1.96 bits per heavy atom. The highest BCUT2D eigenvalue weighted by molar-refractivity contribution is 5.75. The Bertz CT molecular complexity index is 556. The number of aromatic nitrogens is 2. The van der Waals surface area contributed by atoms with E-state index in [-0.39, 0.29) is 11.4 Å². The van der Waals surface area contributed by atoms with Gasteiger partial charge in [0.2, 0.25) is 5.91 Å². The number of amides is 1. The maximum atomic E-state index is 12.2. The number of nitrogens with zero attached hydrogens (tertiary/aromatic N) is 4. The van der Waals surface area contributed by atoms with Crippen molar-refractivity contribution in [2.45, 2.75) is 58.7 Å². The molecule has 0 aliphatic carbocycles. The van der Waals surface area contributed by atoms with Crippen molar-refractivity contribution in [3.63, 3.8) is 0 Å². The average molecular weight is 335 g/mol. The Morgan fingerprint density at radius 1 is 1.33 bits per heavy atom. The number of hydrogen-bond donors (Lipinski definition) is 1. The smallest absolute Gasteiger partial charge is 0.241 e. The van der Waals surface area contributed by atoms with Crippen molar-refractivity contribution in [3.8, 4) is 0 Å². The molecule has 136 valence electrons. The number of aryl methyl sites for hydroxylation is 2. The first-order chi connectivity index (χ1) is 11.2. The first-order valence-electron chi connectivity index (χ1n) is 8.88. The SMILES string of the molecule is Cc1cc(C)n(CC(=O)NCC(C)(C)N2CCC(N(C)C)CC2)n1. The third-order valence-electron chi connectivity index (χ3n) is 5.17. The van der Waals surface area contributed by atoms with E-state index < -0.39 is 0 Å². The molecule has 1 aliphatic rings. The van der Waals surface area contributed by atoms with Crippen LogP contribution in [0.5, 0.6) is 0 Å². The van der Waals surface area contributed by atoms with Crippen molar-refractivity contribution in [1.82, 2.24) is 24.9 Å². The van der Waals surface area contributed by atoms with E-state index in [1.54, 1.807) is 4.68 Å². The molecule has 0 atom stereocenters. The molecule has 0 unspecified atom stereocenters. The first-order valence-corrected chi connectivity index (χ1v) is 8.88. The normalized spacial score (nSPS) is 17.5. The minimum absolute atomic E-state index is 0.0254. The van der Waals surface area contributed by atoms with Gasteiger partial charge in [0.25, 0.3) is 0 Å². The van der Waals surface area contributed by atoms with Gasteiger partial charge < -0.3 is 10.2 Å². The van der Waals surface area contributed by atoms with Crippen molar-refractivity contribution in [1.29, 1.82) is 0 Å². The van der Waals surface area contributed by atoms with Crippen molar-refractivity contribution >= 4 is 5.91 Å². The number of carbonyl (C=O) groups is 1. The van der Waals surface area contributed by atoms with Crippen LogP contribution in [-0.4, -0.2) is 70.8 Å². The molecule has 2 heterocycles. The lowest BCUT2D eigenvalue weighted by Gasteiger charge is -2.44. The topological polar surface area (TPSA) is 53.4 Å². The number of piperidine rings is 1. The predicted molar refractivity (Wildman–Crippen MR) is 97.1 cm³/mol. The summed E-state index contributed by atoms with van der Waals surface area (Å²) in [5.41, 5.74) is 1.94. The van der Waals surface area contributed by atoms with Crippen molar-refractivity contribution in [2.24, 2.45) is 0 Å². The van der Waals surface area contributed by atoms with E-state index in [1.165, 1.54) is 12.8 Å². The molecule has 1 fully saturated rings. The molecule has 0 saturated carbocycles. The van der Waals surface area contributed by atoms with Crippen LogP contribution >= 0.6 is 0 Å². The Balaban J connectivity index is 1.82. The molecule has 1 aliphatic heterocycles. The van der Waals surface area contributed by atoms with Gasteiger partial charge in [-0.05, 0) is 60.7 Å². The van der Waals surface area contributed by atoms with Gasteiger partial charge >= 0.3 is 0 Å². The fourth-order valence-corrected chi connectivity index (χ4v) is 3.44. The minimum atomic E-state index is -0.0258. The van der Waals surface area contributed by atoms with Crippen LogP contribution < -0.4 is 5.32 Å². The van der Waals surface area contributed by atoms with Gasteiger partial charge in [0.1, 0.15) is 6.54 Å². The lowest BCUT2D eigenvalue weighted by Crippen LogP contribution is -2.56. The molecule has 1 amide bonds. The lowest BCUT2D eigenvalue weighted by molar-refractivity contribution is -0.122. The van der Waals surface area contributed by atoms with Crippen molar-refractivity contribution in [2.75, 3.05) is 33.7 Å². The number of carbonyl (C=O) groups excluding carboxylic acids is 1. The van der Waals surface area contributed by atoms with E-state index in [9.17, 15) is 4.79 Å². The zero-order chi connectivity index (χ0) is 17.9. The summed E-state index contributed by atoms with van der Waals surface area (Å²) in [4.78, 5) is 17.1. The largest absolute Gasteiger partial charge is 0.353 e. The van der Waals surface area contributed by atoms with Crippen LogP contribution in [0.4, 0.5) is 0 Å². The molecule has 1 saturated heterocycles. The molecule has 24 heavy (non-hydrogen) atoms. The highest BCUT2D eigenvalue weighted by atomic mass is 16.2. The van der Waals surface area contributed by atoms with Crippen LogP contribution in [0.2, 0.25) is 0 Å². The Labute approximate surface area is 146 Å². The van der Waals surface area contributed by atoms with Crippen molar-refractivity contribution < 1.29 is 4.79 Å². The monoisotopic (exact) mass is 335 g/mol. The van der Waals surface area contributed by atoms with Gasteiger partial charge in [0.15, 0.2) is 0 Å². The highest BCUT2D eigenvalue weighted by Gasteiger charge is 2.31. The molecular weight excluding hydrogens is 302 g/mol. The van der Waals surface area contributed by atoms with Crippen LogP contribution in [0.1, 0.15) is 38.1 Å². The summed E-state index contributed by atoms with van der Waals surface area (Å²) in [7, 11) is 4.31. The Morgan fingerprint density at radius 3 is 2.46 bits per heavy atom. The maximum absolute atomic E-state index is 12.2. The van der Waals surface area contributed by atoms with E-state index in [1.807, 2.05) is 19.9 Å². The summed E-state index contributed by atoms with van der Waals surface area (Å²) in [6, 6.07) is 2.67. The molecule has 1 N–H and O–H groups in total. The molecule has 2 rings (SSSR count). The van der Waals surface area contributed by atoms with Crippen LogP contribution in [0.3, 0.4) is 0 Å². The van der Waals surface area contributed by atoms with Gasteiger partial charge in [0.05, 0.1) is 5.69 Å². The molecule has 1 aromatic heterocycles. The molecular formula is C18H33N5O. The quantitative estimate of drug-likeness (QED) is 0.854. The van der Waals surface area contributed by atoms with Crippen molar-refractivity contribution in [3.05, 3.63) is 17.5 Å². The van der Waals surface area contributed by atoms with Gasteiger partial charge in [0, 0.05) is 36.9 Å². The summed E-state index contributed by atoms with van der Waals surface area (Å²) in [5.74, 6) is 0.0254. The van der Waals surface area contributed by atoms with Crippen LogP contribution in [-0.2, 0) is 11.3 Å². The fourth-order valence-electron chi connectivity index (χ4n) is 3.44. The standard InChI is InChI=1S/C18H33N5O/c1-14-11-15(2)23(20-14)12-17(24)19-13-18(3,4)22-9-7-16(8-10-22)21(5)6/h11,16H,7-10,12-13H2,1-6H3,(H,19,24). The average Bonchev–Trinajstić information content (AvgIpc) is 2.83. The van der Waals surface area contributed by atoms with E-state index in [0.29, 0.717) is 19.1 Å². The Kier molecular flexibility index (Phi) is 6.04. The highest BCUT2D eigenvalue weighted by Crippen LogP contribution is 2.22. The first kappa shape index (κ1) is 18.9. The summed E-state index contributed by atoms with van der Waals surface area (Å²) < 4.78 is 1.76. The summed E-state index contributed by atoms with van der Waals surface area (Å²) in [6.07, 6.45) is 2.38. The molecule has 0 aromatic carbocycles. The number of nitrogens with one attached hydrogen (secondary N) is 1. The van der Waals surface area contributed by atoms with Gasteiger partial charge in [-0.3, -0.25) is 14.4 Å². The van der Waals surface area contributed by atoms with Crippen LogP contribution in [0.25, 0.3) is 0 Å². The third kappa shape index (κ3) is 4.80. The van der Waals surface area contributed by atoms with E-state index >= 15 is 0 Å². The van der Waals surface area contributed by atoms with Gasteiger partial charge in [-0.15, -0.1) is 0 Å². The van der Waals surface area contributed by atoms with Crippen LogP contribution in [0, 0.1) is 13.8 Å². The molecule has 0 bridgehead atoms. The predicted octanol–water partition coefficient (Wildman–Crippen LogP) is 1.42. The van der Waals surface area contributed by atoms with E-state index in [2.05, 4.69) is 48.2 Å². The second-order valence-electron chi connectivity index (χ2n) is 7.86. The number of likely N-dealkylation sites (tertiary alicyclic amines) is 1. The molecule has 0 spiro atoms. The van der Waals surface area contributed by atoms with E-state index in [0.717, 1.165) is 24.5 Å². The molecule has 6 nitrogen and oxygen atoms in total. The van der Waals surface area contributed by atoms with Gasteiger partial charge in [-0.2, -0.15) is 5.10 Å². The lowest BCUT2D eigenvalue weighted by atomic mass is 9.96. The summed E-state index contributed by atoms with van der Waals surface area (Å²) in [5, 5.41) is 7.44. The minimum Gasteiger partial charge on any atom is -0.353 e. The maximum Gasteiger partial charge on any atom is 0.241 e. The third-order valence-corrected chi connectivity index (χ3v) is 5.17. The zero-order valence-electron chi connectivity index (χ0n) is 16.1. The summed E-state index contributed by atoms with van der Waals surface area (Å²) >= 11 is 0. The molecule has 1 aromatic rings. The second-order valence-corrected chi connectivity index (χ2v) is 7.86. The molecule has 6 heteroatoms. The summed E-state index contributed by atoms with van der Waals surface area (Å²) in [6.45, 7) is 11.5. The molecule has 0 radical (unpaired) electrons. The number of hydrogen-bond acceptors (Lipinski definition) is 4. The van der Waals surface area contributed by atoms with E-state index in [4.69, 9.17) is 0 Å². The van der Waals surface area contributed by atoms with Crippen LogP contribution in [0.15, 0.2) is 6.07 Å². The Hall–Kier alpha value is -1.40. The number of rotatable bonds is 6. The van der Waals surface area contributed by atoms with Gasteiger partial charge in [-0.1, -0.05) is 0 Å². The van der Waals surface area contributed by atoms with Gasteiger partial charge in [-0.25, -0.2) is 0 Å². The zero-order valence-corrected chi connectivity index (χ0v) is 16.1. The fraction of sp³-hybridized carbons (Fsp3) is 0.778. The second kappa shape index (κ2) is 7.66.